The highest BCUT2D eigenvalue weighted by Crippen LogP contribution is 1.70. The van der Waals surface area contributed by atoms with Crippen molar-refractivity contribution < 1.29 is 19.5 Å². The number of carbonyl (C=O) groups excluding carboxylic acids is 2. The first kappa shape index (κ1) is 14.3. The maximum absolute atomic E-state index is 11.1. The molecular formula is C8H13N3O4S. The van der Waals surface area contributed by atoms with Crippen LogP contribution in [0.1, 0.15) is 6.92 Å². The number of carboxylic acids is 1. The minimum Gasteiger partial charge on any atom is -0.480 e. The average Bonchev–Trinajstić information content (AvgIpc) is 2.20. The molecular weight excluding hydrogens is 234 g/mol. The fourth-order valence-corrected chi connectivity index (χ4v) is 0.755. The van der Waals surface area contributed by atoms with E-state index < -0.39 is 24.3 Å². The predicted octanol–water partition coefficient (Wildman–Crippen LogP) is -1.76. The zero-order valence-electron chi connectivity index (χ0n) is 8.70. The van der Waals surface area contributed by atoms with E-state index in [0.717, 1.165) is 0 Å². The predicted molar refractivity (Wildman–Crippen MR) is 59.9 cm³/mol. The zero-order chi connectivity index (χ0) is 12.6. The lowest BCUT2D eigenvalue weighted by Gasteiger charge is -2.06. The molecule has 0 rings (SSSR count). The fraction of sp³-hybridized carbons (Fsp3) is 0.500. The molecule has 0 aliphatic rings. The van der Waals surface area contributed by atoms with E-state index in [0.29, 0.717) is 4.99 Å². The lowest BCUT2D eigenvalue weighted by atomic mass is 10.5. The summed E-state index contributed by atoms with van der Waals surface area (Å²) >= 11 is 4.68. The molecule has 0 aromatic carbocycles. The van der Waals surface area contributed by atoms with Gasteiger partial charge in [0.05, 0.1) is 18.1 Å². The maximum atomic E-state index is 11.1. The molecule has 0 radical (unpaired) electrons. The highest BCUT2D eigenvalue weighted by atomic mass is 32.1. The second kappa shape index (κ2) is 7.57. The van der Waals surface area contributed by atoms with E-state index in [1.807, 2.05) is 0 Å². The molecule has 0 saturated carbocycles. The molecule has 16 heavy (non-hydrogen) atoms. The Labute approximate surface area is 97.6 Å². The van der Waals surface area contributed by atoms with Crippen LogP contribution in [0.4, 0.5) is 0 Å². The molecule has 0 heterocycles. The van der Waals surface area contributed by atoms with Crippen LogP contribution in [0.3, 0.4) is 0 Å². The topological polar surface area (TPSA) is 108 Å². The quantitative estimate of drug-likeness (QED) is 0.414. The van der Waals surface area contributed by atoms with Gasteiger partial charge in [0.1, 0.15) is 6.54 Å². The molecule has 0 aliphatic heterocycles. The first-order valence-electron chi connectivity index (χ1n) is 4.41. The number of rotatable bonds is 6. The van der Waals surface area contributed by atoms with Gasteiger partial charge < -0.3 is 21.1 Å². The van der Waals surface area contributed by atoms with Crippen LogP contribution in [-0.2, 0) is 14.4 Å². The highest BCUT2D eigenvalue weighted by molar-refractivity contribution is 7.80. The standard InChI is InChI=1S/C8H13N3O4S/c1-5(16)9-2-6(12)10-3-7(13)11-4-8(14)15/h2-4H2,1H3,(H,9,16)(H,10,12)(H,11,13)(H,14,15). The number of nitrogens with one attached hydrogen (secondary N) is 3. The average molecular weight is 247 g/mol. The van der Waals surface area contributed by atoms with Crippen LogP contribution in [0.5, 0.6) is 0 Å². The molecule has 0 atom stereocenters. The first-order valence-corrected chi connectivity index (χ1v) is 4.82. The molecule has 2 amide bonds. The summed E-state index contributed by atoms with van der Waals surface area (Å²) in [6.45, 7) is 0.889. The van der Waals surface area contributed by atoms with Gasteiger partial charge in [-0.05, 0) is 6.92 Å². The molecule has 90 valence electrons. The Morgan fingerprint density at radius 1 is 1.00 bits per heavy atom. The molecule has 0 unspecified atom stereocenters. The van der Waals surface area contributed by atoms with Gasteiger partial charge in [0.25, 0.3) is 0 Å². The third-order valence-electron chi connectivity index (χ3n) is 1.38. The second-order valence-electron chi connectivity index (χ2n) is 2.86. The molecule has 0 aromatic heterocycles. The number of thiocarbonyl (C=S) groups is 1. The van der Waals surface area contributed by atoms with Crippen molar-refractivity contribution in [3.63, 3.8) is 0 Å². The molecule has 0 saturated heterocycles. The number of aliphatic carboxylic acids is 1. The van der Waals surface area contributed by atoms with E-state index in [1.165, 1.54) is 0 Å². The molecule has 0 aliphatic carbocycles. The molecule has 0 fully saturated rings. The summed E-state index contributed by atoms with van der Waals surface area (Å²) in [5, 5.41) is 15.3. The Hall–Kier alpha value is -1.70. The second-order valence-corrected chi connectivity index (χ2v) is 3.47. The third kappa shape index (κ3) is 8.88. The van der Waals surface area contributed by atoms with Gasteiger partial charge in [0.2, 0.25) is 11.8 Å². The first-order chi connectivity index (χ1) is 7.41. The SMILES string of the molecule is CC(=S)NCC(=O)NCC(=O)NCC(=O)O. The summed E-state index contributed by atoms with van der Waals surface area (Å²) in [6, 6.07) is 0. The Morgan fingerprint density at radius 3 is 1.88 bits per heavy atom. The van der Waals surface area contributed by atoms with E-state index >= 15 is 0 Å². The van der Waals surface area contributed by atoms with E-state index in [-0.39, 0.29) is 13.1 Å². The van der Waals surface area contributed by atoms with Gasteiger partial charge in [-0.3, -0.25) is 14.4 Å². The Balaban J connectivity index is 3.63. The number of carbonyl (C=O) groups is 3. The largest absolute Gasteiger partial charge is 0.480 e. The summed E-state index contributed by atoms with van der Waals surface area (Å²) in [7, 11) is 0. The van der Waals surface area contributed by atoms with Crippen molar-refractivity contribution in [1.82, 2.24) is 16.0 Å². The van der Waals surface area contributed by atoms with Crippen molar-refractivity contribution in [1.29, 1.82) is 0 Å². The van der Waals surface area contributed by atoms with Crippen molar-refractivity contribution in [3.05, 3.63) is 0 Å². The highest BCUT2D eigenvalue weighted by Gasteiger charge is 2.06. The summed E-state index contributed by atoms with van der Waals surface area (Å²) in [6.07, 6.45) is 0. The van der Waals surface area contributed by atoms with Crippen molar-refractivity contribution in [2.45, 2.75) is 6.92 Å². The van der Waals surface area contributed by atoms with E-state index in [1.54, 1.807) is 6.92 Å². The van der Waals surface area contributed by atoms with Gasteiger partial charge in [-0.1, -0.05) is 12.2 Å². The van der Waals surface area contributed by atoms with Crippen LogP contribution in [0, 0.1) is 0 Å². The van der Waals surface area contributed by atoms with Crippen molar-refractivity contribution in [3.8, 4) is 0 Å². The van der Waals surface area contributed by atoms with Gasteiger partial charge in [-0.2, -0.15) is 0 Å². The summed E-state index contributed by atoms with van der Waals surface area (Å²) < 4.78 is 0. The van der Waals surface area contributed by atoms with Gasteiger partial charge in [0, 0.05) is 0 Å². The minimum atomic E-state index is -1.14. The Morgan fingerprint density at radius 2 is 1.44 bits per heavy atom. The monoisotopic (exact) mass is 247 g/mol. The maximum Gasteiger partial charge on any atom is 0.322 e. The lowest BCUT2D eigenvalue weighted by Crippen LogP contribution is -2.42. The molecule has 4 N–H and O–H groups in total. The molecule has 0 bridgehead atoms. The summed E-state index contributed by atoms with van der Waals surface area (Å²) in [4.78, 5) is 32.6. The van der Waals surface area contributed by atoms with Gasteiger partial charge in [-0.25, -0.2) is 0 Å². The van der Waals surface area contributed by atoms with Crippen LogP contribution in [-0.4, -0.2) is 47.5 Å². The Bertz CT molecular complexity index is 276. The van der Waals surface area contributed by atoms with Crippen LogP contribution in [0.25, 0.3) is 0 Å². The number of carboxylic acid groups (broad SMARTS) is 1. The fourth-order valence-electron chi connectivity index (χ4n) is 0.683. The van der Waals surface area contributed by atoms with Crippen LogP contribution >= 0.6 is 12.2 Å². The van der Waals surface area contributed by atoms with Crippen molar-refractivity contribution in [2.75, 3.05) is 19.6 Å². The van der Waals surface area contributed by atoms with E-state index in [9.17, 15) is 14.4 Å². The van der Waals surface area contributed by atoms with E-state index in [2.05, 4.69) is 28.2 Å². The van der Waals surface area contributed by atoms with Crippen molar-refractivity contribution in [2.24, 2.45) is 0 Å². The normalized spacial score (nSPS) is 9.06. The third-order valence-corrected chi connectivity index (χ3v) is 1.53. The molecule has 8 heteroatoms. The number of amides is 2. The Kier molecular flexibility index (Phi) is 6.77. The summed E-state index contributed by atoms with van der Waals surface area (Å²) in [5.74, 6) is -2.10. The lowest BCUT2D eigenvalue weighted by molar-refractivity contribution is -0.137. The van der Waals surface area contributed by atoms with Crippen LogP contribution < -0.4 is 16.0 Å². The smallest absolute Gasteiger partial charge is 0.322 e. The minimum absolute atomic E-state index is 0.0124. The van der Waals surface area contributed by atoms with Crippen LogP contribution in [0.2, 0.25) is 0 Å². The molecule has 0 spiro atoms. The molecule has 7 nitrogen and oxygen atoms in total. The van der Waals surface area contributed by atoms with Gasteiger partial charge >= 0.3 is 5.97 Å². The molecule has 0 aromatic rings. The van der Waals surface area contributed by atoms with Gasteiger partial charge in [0.15, 0.2) is 0 Å². The summed E-state index contributed by atoms with van der Waals surface area (Å²) in [5.41, 5.74) is 0. The zero-order valence-corrected chi connectivity index (χ0v) is 9.52. The number of hydrogen-bond donors (Lipinski definition) is 4. The number of hydrogen-bond acceptors (Lipinski definition) is 4. The van der Waals surface area contributed by atoms with E-state index in [4.69, 9.17) is 5.11 Å². The van der Waals surface area contributed by atoms with Gasteiger partial charge in [-0.15, -0.1) is 0 Å². The van der Waals surface area contributed by atoms with Crippen molar-refractivity contribution >= 4 is 35.0 Å². The van der Waals surface area contributed by atoms with Crippen LogP contribution in [0.15, 0.2) is 0 Å².